The molecule has 0 fully saturated rings. The average molecular weight is 293 g/mol. The van der Waals surface area contributed by atoms with Crippen LogP contribution < -0.4 is 11.1 Å². The molecule has 0 saturated carbocycles. The smallest absolute Gasteiger partial charge is 0.274 e. The van der Waals surface area contributed by atoms with Crippen molar-refractivity contribution in [3.63, 3.8) is 0 Å². The first-order valence-corrected chi connectivity index (χ1v) is 7.33. The molecule has 0 saturated heterocycles. The maximum absolute atomic E-state index is 12.2. The molecule has 0 radical (unpaired) electrons. The highest BCUT2D eigenvalue weighted by Gasteiger charge is 2.20. The number of hydrogen-bond donors (Lipinski definition) is 3. The van der Waals surface area contributed by atoms with E-state index in [2.05, 4.69) is 20.5 Å². The van der Waals surface area contributed by atoms with Gasteiger partial charge in [0.05, 0.1) is 28.1 Å². The molecule has 1 atom stereocenters. The van der Waals surface area contributed by atoms with Crippen LogP contribution in [-0.4, -0.2) is 21.1 Å². The van der Waals surface area contributed by atoms with Crippen molar-refractivity contribution in [3.8, 4) is 0 Å². The molecule has 0 aliphatic heterocycles. The Balaban J connectivity index is 2.15. The molecule has 7 heteroatoms. The fourth-order valence-electron chi connectivity index (χ4n) is 2.11. The van der Waals surface area contributed by atoms with Gasteiger partial charge in [0.25, 0.3) is 5.91 Å². The summed E-state index contributed by atoms with van der Waals surface area (Å²) < 4.78 is 0. The van der Waals surface area contributed by atoms with Crippen molar-refractivity contribution in [2.24, 2.45) is 0 Å². The van der Waals surface area contributed by atoms with E-state index in [0.29, 0.717) is 5.69 Å². The summed E-state index contributed by atoms with van der Waals surface area (Å²) in [5.74, 6) is -0.267. The summed E-state index contributed by atoms with van der Waals surface area (Å²) in [6.07, 6.45) is 0.717. The minimum atomic E-state index is -0.267. The molecule has 2 aromatic rings. The van der Waals surface area contributed by atoms with Gasteiger partial charge in [-0.15, -0.1) is 11.3 Å². The zero-order chi connectivity index (χ0) is 14.9. The number of nitrogens with one attached hydrogen (secondary N) is 2. The number of aromatic amines is 1. The number of carbonyl (C=O) groups excluding carboxylic acids is 1. The lowest BCUT2D eigenvalue weighted by Gasteiger charge is -2.12. The highest BCUT2D eigenvalue weighted by atomic mass is 32.1. The third-order valence-electron chi connectivity index (χ3n) is 3.13. The number of carbonyl (C=O) groups is 1. The second-order valence-electron chi connectivity index (χ2n) is 4.70. The largest absolute Gasteiger partial charge is 0.395 e. The summed E-state index contributed by atoms with van der Waals surface area (Å²) >= 11 is 1.59. The number of hydrogen-bond acceptors (Lipinski definition) is 5. The van der Waals surface area contributed by atoms with Crippen LogP contribution >= 0.6 is 11.3 Å². The molecule has 108 valence electrons. The number of nitrogens with zero attached hydrogens (tertiary/aromatic N) is 2. The van der Waals surface area contributed by atoms with Crippen LogP contribution in [0.2, 0.25) is 0 Å². The normalized spacial score (nSPS) is 12.4. The Bertz CT molecular complexity index is 631. The van der Waals surface area contributed by atoms with Crippen molar-refractivity contribution >= 4 is 22.9 Å². The van der Waals surface area contributed by atoms with Crippen LogP contribution in [0.5, 0.6) is 0 Å². The predicted octanol–water partition coefficient (Wildman–Crippen LogP) is 2.12. The van der Waals surface area contributed by atoms with Crippen molar-refractivity contribution in [2.75, 3.05) is 5.73 Å². The van der Waals surface area contributed by atoms with Gasteiger partial charge in [0.2, 0.25) is 0 Å². The SMILES string of the molecule is CCc1[nH]nc(C(=O)NC(C)c2sc(C)nc2C)c1N. The number of thiazole rings is 1. The van der Waals surface area contributed by atoms with Gasteiger partial charge < -0.3 is 11.1 Å². The number of anilines is 1. The Morgan fingerprint density at radius 1 is 1.50 bits per heavy atom. The Hall–Kier alpha value is -1.89. The Kier molecular flexibility index (Phi) is 4.08. The summed E-state index contributed by atoms with van der Waals surface area (Å²) in [6, 6.07) is -0.116. The second kappa shape index (κ2) is 5.62. The highest BCUT2D eigenvalue weighted by Crippen LogP contribution is 2.25. The molecule has 0 aliphatic rings. The van der Waals surface area contributed by atoms with E-state index in [9.17, 15) is 4.79 Å². The van der Waals surface area contributed by atoms with E-state index in [1.165, 1.54) is 0 Å². The lowest BCUT2D eigenvalue weighted by atomic mass is 10.2. The van der Waals surface area contributed by atoms with E-state index in [4.69, 9.17) is 5.73 Å². The summed E-state index contributed by atoms with van der Waals surface area (Å²) in [4.78, 5) is 17.6. The summed E-state index contributed by atoms with van der Waals surface area (Å²) in [5.41, 5.74) is 8.31. The first kappa shape index (κ1) is 14.5. The van der Waals surface area contributed by atoms with Crippen LogP contribution in [0.3, 0.4) is 0 Å². The van der Waals surface area contributed by atoms with Crippen molar-refractivity contribution in [1.82, 2.24) is 20.5 Å². The zero-order valence-corrected chi connectivity index (χ0v) is 12.9. The van der Waals surface area contributed by atoms with Crippen LogP contribution in [0.1, 0.15) is 51.7 Å². The second-order valence-corrected chi connectivity index (χ2v) is 5.93. The van der Waals surface area contributed by atoms with E-state index in [1.54, 1.807) is 11.3 Å². The molecule has 2 heterocycles. The molecule has 1 amide bonds. The van der Waals surface area contributed by atoms with Crippen LogP contribution in [0.15, 0.2) is 0 Å². The van der Waals surface area contributed by atoms with Gasteiger partial charge in [-0.25, -0.2) is 4.98 Å². The van der Waals surface area contributed by atoms with Crippen LogP contribution in [0, 0.1) is 13.8 Å². The number of nitrogens with two attached hydrogens (primary N) is 1. The van der Waals surface area contributed by atoms with Crippen molar-refractivity contribution in [1.29, 1.82) is 0 Å². The predicted molar refractivity (Wildman–Crippen MR) is 79.8 cm³/mol. The van der Waals surface area contributed by atoms with Crippen LogP contribution in [-0.2, 0) is 6.42 Å². The fourth-order valence-corrected chi connectivity index (χ4v) is 3.04. The number of rotatable bonds is 4. The molecular formula is C13H19N5OS. The van der Waals surface area contributed by atoms with E-state index >= 15 is 0 Å². The number of amides is 1. The Morgan fingerprint density at radius 2 is 2.20 bits per heavy atom. The van der Waals surface area contributed by atoms with Gasteiger partial charge in [0.15, 0.2) is 5.69 Å². The maximum atomic E-state index is 12.2. The van der Waals surface area contributed by atoms with Gasteiger partial charge in [0, 0.05) is 4.88 Å². The van der Waals surface area contributed by atoms with Crippen molar-refractivity contribution < 1.29 is 4.79 Å². The van der Waals surface area contributed by atoms with Gasteiger partial charge in [0.1, 0.15) is 0 Å². The summed E-state index contributed by atoms with van der Waals surface area (Å²) in [6.45, 7) is 7.79. The van der Waals surface area contributed by atoms with Gasteiger partial charge in [-0.2, -0.15) is 5.10 Å². The topological polar surface area (TPSA) is 96.7 Å². The molecule has 20 heavy (non-hydrogen) atoms. The average Bonchev–Trinajstić information content (AvgIpc) is 2.91. The first-order chi connectivity index (χ1) is 9.43. The third kappa shape index (κ3) is 2.67. The fraction of sp³-hybridized carbons (Fsp3) is 0.462. The molecule has 2 rings (SSSR count). The molecule has 1 unspecified atom stereocenters. The molecule has 6 nitrogen and oxygen atoms in total. The highest BCUT2D eigenvalue weighted by molar-refractivity contribution is 7.11. The van der Waals surface area contributed by atoms with Crippen LogP contribution in [0.25, 0.3) is 0 Å². The summed E-state index contributed by atoms with van der Waals surface area (Å²) in [5, 5.41) is 10.7. The lowest BCUT2D eigenvalue weighted by Crippen LogP contribution is -2.27. The molecular weight excluding hydrogens is 274 g/mol. The van der Waals surface area contributed by atoms with E-state index in [1.807, 2.05) is 27.7 Å². The number of nitrogen functional groups attached to an aromatic ring is 1. The molecule has 2 aromatic heterocycles. The molecule has 0 aromatic carbocycles. The van der Waals surface area contributed by atoms with Crippen molar-refractivity contribution in [3.05, 3.63) is 27.0 Å². The molecule has 0 aliphatic carbocycles. The third-order valence-corrected chi connectivity index (χ3v) is 4.39. The van der Waals surface area contributed by atoms with E-state index in [-0.39, 0.29) is 17.6 Å². The quantitative estimate of drug-likeness (QED) is 0.804. The van der Waals surface area contributed by atoms with Gasteiger partial charge in [-0.05, 0) is 27.2 Å². The summed E-state index contributed by atoms with van der Waals surface area (Å²) in [7, 11) is 0. The standard InChI is InChI=1S/C13H19N5OS/c1-5-9-10(14)11(18-17-9)13(19)16-7(3)12-6(2)15-8(4)20-12/h7H,5,14H2,1-4H3,(H,16,19)(H,17,18). The van der Waals surface area contributed by atoms with Gasteiger partial charge >= 0.3 is 0 Å². The number of aromatic nitrogens is 3. The maximum Gasteiger partial charge on any atom is 0.274 e. The Morgan fingerprint density at radius 3 is 2.70 bits per heavy atom. The molecule has 0 bridgehead atoms. The molecule has 0 spiro atoms. The minimum absolute atomic E-state index is 0.116. The van der Waals surface area contributed by atoms with E-state index in [0.717, 1.165) is 27.7 Å². The lowest BCUT2D eigenvalue weighted by molar-refractivity contribution is 0.0936. The number of aryl methyl sites for hydroxylation is 3. The number of H-pyrrole nitrogens is 1. The van der Waals surface area contributed by atoms with Gasteiger partial charge in [-0.1, -0.05) is 6.92 Å². The monoisotopic (exact) mass is 293 g/mol. The van der Waals surface area contributed by atoms with Crippen molar-refractivity contribution in [2.45, 2.75) is 40.2 Å². The van der Waals surface area contributed by atoms with Gasteiger partial charge in [-0.3, -0.25) is 9.89 Å². The first-order valence-electron chi connectivity index (χ1n) is 6.51. The van der Waals surface area contributed by atoms with Crippen LogP contribution in [0.4, 0.5) is 5.69 Å². The Labute approximate surface area is 121 Å². The molecule has 4 N–H and O–H groups in total. The minimum Gasteiger partial charge on any atom is -0.395 e. The van der Waals surface area contributed by atoms with E-state index < -0.39 is 0 Å². The zero-order valence-electron chi connectivity index (χ0n) is 12.1.